The second kappa shape index (κ2) is 4.92. The van der Waals surface area contributed by atoms with Crippen molar-refractivity contribution in [3.8, 4) is 0 Å². The van der Waals surface area contributed by atoms with E-state index >= 15 is 0 Å². The molecular weight excluding hydrogens is 204 g/mol. The molecule has 1 aromatic heterocycles. The molecule has 14 heavy (non-hydrogen) atoms. The lowest BCUT2D eigenvalue weighted by Crippen LogP contribution is -2.08. The number of aliphatic hydroxyl groups is 1. The van der Waals surface area contributed by atoms with Crippen molar-refractivity contribution >= 4 is 17.7 Å². The minimum atomic E-state index is -1.11. The molecule has 0 fully saturated rings. The third-order valence-corrected chi connectivity index (χ3v) is 2.51. The van der Waals surface area contributed by atoms with Gasteiger partial charge >= 0.3 is 5.97 Å². The molecule has 6 heteroatoms. The SMILES string of the molecule is CC(CO)Sc1nccnc1C(=O)O. The molecule has 1 atom stereocenters. The number of hydrogen-bond donors (Lipinski definition) is 2. The van der Waals surface area contributed by atoms with E-state index in [0.29, 0.717) is 5.03 Å². The summed E-state index contributed by atoms with van der Waals surface area (Å²) < 4.78 is 0. The van der Waals surface area contributed by atoms with E-state index in [1.807, 2.05) is 0 Å². The van der Waals surface area contributed by atoms with Crippen LogP contribution in [0, 0.1) is 0 Å². The Bertz CT molecular complexity index is 332. The molecule has 1 rings (SSSR count). The Morgan fingerprint density at radius 2 is 2.21 bits per heavy atom. The number of carbonyl (C=O) groups is 1. The summed E-state index contributed by atoms with van der Waals surface area (Å²) in [5, 5.41) is 17.8. The van der Waals surface area contributed by atoms with Crippen molar-refractivity contribution in [2.24, 2.45) is 0 Å². The zero-order chi connectivity index (χ0) is 10.6. The number of rotatable bonds is 4. The van der Waals surface area contributed by atoms with Crippen molar-refractivity contribution in [2.75, 3.05) is 6.61 Å². The predicted molar refractivity (Wildman–Crippen MR) is 51.4 cm³/mol. The first kappa shape index (κ1) is 10.9. The van der Waals surface area contributed by atoms with E-state index < -0.39 is 5.97 Å². The normalized spacial score (nSPS) is 12.4. The molecule has 0 saturated heterocycles. The molecule has 2 N–H and O–H groups in total. The van der Waals surface area contributed by atoms with Crippen LogP contribution >= 0.6 is 11.8 Å². The molecule has 0 saturated carbocycles. The average Bonchev–Trinajstić information content (AvgIpc) is 2.18. The highest BCUT2D eigenvalue weighted by atomic mass is 32.2. The Labute approximate surface area is 85.2 Å². The van der Waals surface area contributed by atoms with Gasteiger partial charge in [-0.05, 0) is 0 Å². The molecule has 0 aromatic carbocycles. The van der Waals surface area contributed by atoms with Crippen LogP contribution in [0.1, 0.15) is 17.4 Å². The fourth-order valence-corrected chi connectivity index (χ4v) is 1.62. The highest BCUT2D eigenvalue weighted by Crippen LogP contribution is 2.22. The van der Waals surface area contributed by atoms with Crippen molar-refractivity contribution in [3.63, 3.8) is 0 Å². The highest BCUT2D eigenvalue weighted by Gasteiger charge is 2.15. The number of nitrogens with zero attached hydrogens (tertiary/aromatic N) is 2. The summed E-state index contributed by atoms with van der Waals surface area (Å²) in [4.78, 5) is 18.3. The standard InChI is InChI=1S/C8H10N2O3S/c1-5(4-11)14-7-6(8(12)13)9-2-3-10-7/h2-3,5,11H,4H2,1H3,(H,12,13). The molecule has 0 spiro atoms. The topological polar surface area (TPSA) is 83.3 Å². The van der Waals surface area contributed by atoms with Crippen LogP contribution in [0.3, 0.4) is 0 Å². The lowest BCUT2D eigenvalue weighted by Gasteiger charge is -2.07. The largest absolute Gasteiger partial charge is 0.476 e. The maximum atomic E-state index is 10.7. The Balaban J connectivity index is 2.90. The number of carboxylic acids is 1. The van der Waals surface area contributed by atoms with Gasteiger partial charge in [0, 0.05) is 17.6 Å². The summed E-state index contributed by atoms with van der Waals surface area (Å²) in [5.41, 5.74) is -0.0715. The van der Waals surface area contributed by atoms with Crippen molar-refractivity contribution < 1.29 is 15.0 Å². The Hall–Kier alpha value is -1.14. The summed E-state index contributed by atoms with van der Waals surface area (Å²) in [7, 11) is 0. The molecule has 0 bridgehead atoms. The van der Waals surface area contributed by atoms with Crippen LogP contribution in [0.15, 0.2) is 17.4 Å². The summed E-state index contributed by atoms with van der Waals surface area (Å²) in [6.07, 6.45) is 2.76. The number of thioether (sulfide) groups is 1. The fraction of sp³-hybridized carbons (Fsp3) is 0.375. The fourth-order valence-electron chi connectivity index (χ4n) is 0.786. The van der Waals surface area contributed by atoms with Gasteiger partial charge in [-0.15, -0.1) is 0 Å². The van der Waals surface area contributed by atoms with Gasteiger partial charge in [0.25, 0.3) is 0 Å². The third kappa shape index (κ3) is 2.68. The molecule has 76 valence electrons. The van der Waals surface area contributed by atoms with Crippen molar-refractivity contribution in [3.05, 3.63) is 18.1 Å². The molecule has 1 aromatic rings. The monoisotopic (exact) mass is 214 g/mol. The Kier molecular flexibility index (Phi) is 3.84. The van der Waals surface area contributed by atoms with Crippen LogP contribution in [-0.4, -0.2) is 38.0 Å². The average molecular weight is 214 g/mol. The van der Waals surface area contributed by atoms with E-state index in [-0.39, 0.29) is 17.6 Å². The lowest BCUT2D eigenvalue weighted by molar-refractivity contribution is 0.0685. The molecule has 5 nitrogen and oxygen atoms in total. The van der Waals surface area contributed by atoms with E-state index in [9.17, 15) is 4.79 Å². The summed E-state index contributed by atoms with van der Waals surface area (Å²) in [6.45, 7) is 1.76. The van der Waals surface area contributed by atoms with Crippen LogP contribution in [-0.2, 0) is 0 Å². The second-order valence-corrected chi connectivity index (χ2v) is 4.05. The van der Waals surface area contributed by atoms with E-state index in [1.54, 1.807) is 6.92 Å². The van der Waals surface area contributed by atoms with Gasteiger partial charge in [0.2, 0.25) is 0 Å². The first-order valence-corrected chi connectivity index (χ1v) is 4.85. The van der Waals surface area contributed by atoms with E-state index in [2.05, 4.69) is 9.97 Å². The van der Waals surface area contributed by atoms with Gasteiger partial charge in [0.05, 0.1) is 6.61 Å². The predicted octanol–water partition coefficient (Wildman–Crippen LogP) is 0.648. The van der Waals surface area contributed by atoms with Crippen molar-refractivity contribution in [2.45, 2.75) is 17.2 Å². The molecular formula is C8H10N2O3S. The summed E-state index contributed by atoms with van der Waals surface area (Å²) in [5.74, 6) is -1.11. The maximum Gasteiger partial charge on any atom is 0.357 e. The van der Waals surface area contributed by atoms with Crippen LogP contribution in [0.2, 0.25) is 0 Å². The number of hydrogen-bond acceptors (Lipinski definition) is 5. The quantitative estimate of drug-likeness (QED) is 0.716. The van der Waals surface area contributed by atoms with Crippen LogP contribution < -0.4 is 0 Å². The Morgan fingerprint density at radius 1 is 1.57 bits per heavy atom. The summed E-state index contributed by atoms with van der Waals surface area (Å²) in [6, 6.07) is 0. The van der Waals surface area contributed by atoms with Crippen LogP contribution in [0.25, 0.3) is 0 Å². The number of aromatic carboxylic acids is 1. The zero-order valence-electron chi connectivity index (χ0n) is 7.54. The van der Waals surface area contributed by atoms with Gasteiger partial charge in [-0.25, -0.2) is 14.8 Å². The highest BCUT2D eigenvalue weighted by molar-refractivity contribution is 7.99. The van der Waals surface area contributed by atoms with Crippen LogP contribution in [0.4, 0.5) is 0 Å². The molecule has 1 heterocycles. The van der Waals surface area contributed by atoms with Gasteiger partial charge in [0.1, 0.15) is 5.03 Å². The number of aromatic nitrogens is 2. The van der Waals surface area contributed by atoms with E-state index in [4.69, 9.17) is 10.2 Å². The molecule has 0 aliphatic carbocycles. The zero-order valence-corrected chi connectivity index (χ0v) is 8.36. The van der Waals surface area contributed by atoms with Gasteiger partial charge in [-0.1, -0.05) is 18.7 Å². The van der Waals surface area contributed by atoms with E-state index in [0.717, 1.165) is 0 Å². The first-order chi connectivity index (χ1) is 6.65. The van der Waals surface area contributed by atoms with E-state index in [1.165, 1.54) is 24.2 Å². The lowest BCUT2D eigenvalue weighted by atomic mass is 10.5. The minimum absolute atomic E-state index is 0.0275. The van der Waals surface area contributed by atoms with Gasteiger partial charge < -0.3 is 10.2 Å². The van der Waals surface area contributed by atoms with Gasteiger partial charge in [-0.3, -0.25) is 0 Å². The Morgan fingerprint density at radius 3 is 2.79 bits per heavy atom. The first-order valence-electron chi connectivity index (χ1n) is 3.97. The van der Waals surface area contributed by atoms with Crippen LogP contribution in [0.5, 0.6) is 0 Å². The minimum Gasteiger partial charge on any atom is -0.476 e. The molecule has 0 aliphatic heterocycles. The number of carboxylic acid groups (broad SMARTS) is 1. The molecule has 0 aliphatic rings. The van der Waals surface area contributed by atoms with Gasteiger partial charge in [-0.2, -0.15) is 0 Å². The number of aliphatic hydroxyl groups excluding tert-OH is 1. The molecule has 0 amide bonds. The van der Waals surface area contributed by atoms with Crippen molar-refractivity contribution in [1.29, 1.82) is 0 Å². The second-order valence-electron chi connectivity index (χ2n) is 2.63. The molecule has 0 radical (unpaired) electrons. The maximum absolute atomic E-state index is 10.7. The van der Waals surface area contributed by atoms with Crippen molar-refractivity contribution in [1.82, 2.24) is 9.97 Å². The van der Waals surface area contributed by atoms with Gasteiger partial charge in [0.15, 0.2) is 5.69 Å². The summed E-state index contributed by atoms with van der Waals surface area (Å²) >= 11 is 1.19. The molecule has 1 unspecified atom stereocenters. The third-order valence-electron chi connectivity index (χ3n) is 1.44. The smallest absolute Gasteiger partial charge is 0.357 e.